The van der Waals surface area contributed by atoms with Gasteiger partial charge in [-0.05, 0) is 31.0 Å². The number of benzene rings is 2. The van der Waals surface area contributed by atoms with Crippen molar-refractivity contribution in [1.29, 1.82) is 0 Å². The molecule has 0 aliphatic heterocycles. The summed E-state index contributed by atoms with van der Waals surface area (Å²) in [5.41, 5.74) is 2.27. The van der Waals surface area contributed by atoms with Crippen LogP contribution in [0.25, 0.3) is 0 Å². The zero-order chi connectivity index (χ0) is 16.5. The standard InChI is InChI=1S/C18H21ClN2O2/c1-14-6-4-7-15(12-14)13-21-18(22)20-10-5-11-23-17-9-3-2-8-16(17)19/h2-4,6-9,12H,5,10-11,13H2,1H3,(H2,20,21,22). The number of amides is 2. The zero-order valence-corrected chi connectivity index (χ0v) is 13.9. The fraction of sp³-hybridized carbons (Fsp3) is 0.278. The molecule has 0 bridgehead atoms. The number of para-hydroxylation sites is 1. The Morgan fingerprint density at radius 2 is 1.96 bits per heavy atom. The molecule has 2 N–H and O–H groups in total. The van der Waals surface area contributed by atoms with E-state index in [1.807, 2.05) is 43.3 Å². The molecule has 0 aliphatic carbocycles. The molecule has 2 aromatic rings. The summed E-state index contributed by atoms with van der Waals surface area (Å²) >= 11 is 5.99. The lowest BCUT2D eigenvalue weighted by Gasteiger charge is -2.10. The number of urea groups is 1. The second-order valence-electron chi connectivity index (χ2n) is 5.23. The first-order chi connectivity index (χ1) is 11.1. The Balaban J connectivity index is 1.59. The van der Waals surface area contributed by atoms with Crippen LogP contribution in [-0.4, -0.2) is 19.2 Å². The lowest BCUT2D eigenvalue weighted by Crippen LogP contribution is -2.36. The van der Waals surface area contributed by atoms with E-state index in [2.05, 4.69) is 16.7 Å². The largest absolute Gasteiger partial charge is 0.492 e. The molecular weight excluding hydrogens is 312 g/mol. The maximum absolute atomic E-state index is 11.7. The van der Waals surface area contributed by atoms with Gasteiger partial charge in [0.25, 0.3) is 0 Å². The van der Waals surface area contributed by atoms with Crippen molar-refractivity contribution in [3.63, 3.8) is 0 Å². The van der Waals surface area contributed by atoms with Crippen LogP contribution in [-0.2, 0) is 6.54 Å². The molecule has 2 rings (SSSR count). The summed E-state index contributed by atoms with van der Waals surface area (Å²) in [5.74, 6) is 0.665. The van der Waals surface area contributed by atoms with Crippen LogP contribution in [0.15, 0.2) is 48.5 Å². The molecule has 0 atom stereocenters. The first kappa shape index (κ1) is 17.2. The van der Waals surface area contributed by atoms with Crippen molar-refractivity contribution < 1.29 is 9.53 Å². The van der Waals surface area contributed by atoms with E-state index in [-0.39, 0.29) is 6.03 Å². The van der Waals surface area contributed by atoms with Crippen LogP contribution in [0.2, 0.25) is 5.02 Å². The van der Waals surface area contributed by atoms with Crippen molar-refractivity contribution in [3.8, 4) is 5.75 Å². The summed E-state index contributed by atoms with van der Waals surface area (Å²) in [4.78, 5) is 11.7. The molecule has 0 unspecified atom stereocenters. The Morgan fingerprint density at radius 3 is 2.74 bits per heavy atom. The van der Waals surface area contributed by atoms with Crippen LogP contribution in [0.4, 0.5) is 4.79 Å². The maximum atomic E-state index is 11.7. The average Bonchev–Trinajstić information content (AvgIpc) is 2.54. The van der Waals surface area contributed by atoms with E-state index < -0.39 is 0 Å². The van der Waals surface area contributed by atoms with Gasteiger partial charge < -0.3 is 15.4 Å². The van der Waals surface area contributed by atoms with Crippen molar-refractivity contribution in [2.75, 3.05) is 13.2 Å². The zero-order valence-electron chi connectivity index (χ0n) is 13.1. The summed E-state index contributed by atoms with van der Waals surface area (Å²) in [6.07, 6.45) is 0.711. The van der Waals surface area contributed by atoms with Crippen molar-refractivity contribution in [2.24, 2.45) is 0 Å². The Kier molecular flexibility index (Phi) is 6.76. The number of nitrogens with one attached hydrogen (secondary N) is 2. The molecule has 5 heteroatoms. The smallest absolute Gasteiger partial charge is 0.315 e. The van der Waals surface area contributed by atoms with Crippen molar-refractivity contribution in [1.82, 2.24) is 10.6 Å². The Morgan fingerprint density at radius 1 is 1.13 bits per heavy atom. The molecular formula is C18H21ClN2O2. The van der Waals surface area contributed by atoms with E-state index in [0.29, 0.717) is 36.9 Å². The van der Waals surface area contributed by atoms with Gasteiger partial charge in [0.15, 0.2) is 0 Å². The number of carbonyl (C=O) groups is 1. The van der Waals surface area contributed by atoms with E-state index in [9.17, 15) is 4.79 Å². The maximum Gasteiger partial charge on any atom is 0.315 e. The first-order valence-electron chi connectivity index (χ1n) is 7.60. The third kappa shape index (κ3) is 6.20. The number of halogens is 1. The van der Waals surface area contributed by atoms with Crippen LogP contribution in [0.5, 0.6) is 5.75 Å². The third-order valence-corrected chi connectivity index (χ3v) is 3.55. The number of hydrogen-bond donors (Lipinski definition) is 2. The minimum Gasteiger partial charge on any atom is -0.492 e. The molecule has 0 spiro atoms. The minimum atomic E-state index is -0.177. The van der Waals surface area contributed by atoms with Gasteiger partial charge in [-0.25, -0.2) is 4.79 Å². The monoisotopic (exact) mass is 332 g/mol. The predicted molar refractivity (Wildman–Crippen MR) is 93.0 cm³/mol. The van der Waals surface area contributed by atoms with Gasteiger partial charge in [-0.1, -0.05) is 53.6 Å². The van der Waals surface area contributed by atoms with Crippen molar-refractivity contribution >= 4 is 17.6 Å². The molecule has 0 saturated heterocycles. The Hall–Kier alpha value is -2.20. The van der Waals surface area contributed by atoms with Gasteiger partial charge in [0.05, 0.1) is 11.6 Å². The summed E-state index contributed by atoms with van der Waals surface area (Å²) in [6, 6.07) is 15.2. The topological polar surface area (TPSA) is 50.4 Å². The van der Waals surface area contributed by atoms with E-state index >= 15 is 0 Å². The average molecular weight is 333 g/mol. The van der Waals surface area contributed by atoms with E-state index in [1.54, 1.807) is 6.07 Å². The predicted octanol–water partition coefficient (Wildman–Crippen LogP) is 3.92. The van der Waals surface area contributed by atoms with Crippen LogP contribution in [0, 0.1) is 6.92 Å². The van der Waals surface area contributed by atoms with Gasteiger partial charge in [-0.15, -0.1) is 0 Å². The van der Waals surface area contributed by atoms with Crippen molar-refractivity contribution in [2.45, 2.75) is 19.9 Å². The van der Waals surface area contributed by atoms with E-state index in [1.165, 1.54) is 5.56 Å². The summed E-state index contributed by atoms with van der Waals surface area (Å²) < 4.78 is 5.56. The van der Waals surface area contributed by atoms with Gasteiger partial charge in [0.2, 0.25) is 0 Å². The number of aryl methyl sites for hydroxylation is 1. The van der Waals surface area contributed by atoms with E-state index in [0.717, 1.165) is 5.56 Å². The van der Waals surface area contributed by atoms with Crippen LogP contribution >= 0.6 is 11.6 Å². The van der Waals surface area contributed by atoms with Crippen LogP contribution in [0.3, 0.4) is 0 Å². The Labute approximate surface area is 141 Å². The molecule has 0 heterocycles. The highest BCUT2D eigenvalue weighted by Crippen LogP contribution is 2.22. The highest BCUT2D eigenvalue weighted by Gasteiger charge is 2.02. The molecule has 122 valence electrons. The van der Waals surface area contributed by atoms with E-state index in [4.69, 9.17) is 16.3 Å². The SMILES string of the molecule is Cc1cccc(CNC(=O)NCCCOc2ccccc2Cl)c1. The van der Waals surface area contributed by atoms with Crippen molar-refractivity contribution in [3.05, 3.63) is 64.7 Å². The highest BCUT2D eigenvalue weighted by atomic mass is 35.5. The number of ether oxygens (including phenoxy) is 1. The van der Waals surface area contributed by atoms with Crippen LogP contribution < -0.4 is 15.4 Å². The van der Waals surface area contributed by atoms with Gasteiger partial charge in [-0.3, -0.25) is 0 Å². The summed E-state index contributed by atoms with van der Waals surface area (Å²) in [7, 11) is 0. The minimum absolute atomic E-state index is 0.177. The van der Waals surface area contributed by atoms with Gasteiger partial charge in [-0.2, -0.15) is 0 Å². The summed E-state index contributed by atoms with van der Waals surface area (Å²) in [6.45, 7) is 3.60. The molecule has 0 fully saturated rings. The molecule has 2 amide bonds. The van der Waals surface area contributed by atoms with Gasteiger partial charge >= 0.3 is 6.03 Å². The number of hydrogen-bond acceptors (Lipinski definition) is 2. The number of carbonyl (C=O) groups excluding carboxylic acids is 1. The highest BCUT2D eigenvalue weighted by molar-refractivity contribution is 6.32. The lowest BCUT2D eigenvalue weighted by atomic mass is 10.1. The molecule has 4 nitrogen and oxygen atoms in total. The molecule has 0 radical (unpaired) electrons. The van der Waals surface area contributed by atoms with Gasteiger partial charge in [0.1, 0.15) is 5.75 Å². The number of rotatable bonds is 7. The Bertz CT molecular complexity index is 646. The molecule has 0 aliphatic rings. The van der Waals surface area contributed by atoms with Crippen LogP contribution in [0.1, 0.15) is 17.5 Å². The molecule has 0 aromatic heterocycles. The normalized spacial score (nSPS) is 10.2. The van der Waals surface area contributed by atoms with Gasteiger partial charge in [0, 0.05) is 13.1 Å². The second kappa shape index (κ2) is 9.06. The fourth-order valence-corrected chi connectivity index (χ4v) is 2.28. The molecule has 0 saturated carbocycles. The third-order valence-electron chi connectivity index (χ3n) is 3.24. The lowest BCUT2D eigenvalue weighted by molar-refractivity contribution is 0.238. The summed E-state index contributed by atoms with van der Waals surface area (Å²) in [5, 5.41) is 6.23. The second-order valence-corrected chi connectivity index (χ2v) is 5.64. The fourth-order valence-electron chi connectivity index (χ4n) is 2.08. The molecule has 2 aromatic carbocycles. The molecule has 23 heavy (non-hydrogen) atoms. The first-order valence-corrected chi connectivity index (χ1v) is 7.97. The quantitative estimate of drug-likeness (QED) is 0.755.